The van der Waals surface area contributed by atoms with E-state index in [1.165, 1.54) is 0 Å². The van der Waals surface area contributed by atoms with E-state index in [-0.39, 0.29) is 5.91 Å². The second kappa shape index (κ2) is 9.12. The monoisotopic (exact) mass is 389 g/mol. The minimum absolute atomic E-state index is 0.0168. The first-order valence-electron chi connectivity index (χ1n) is 8.32. The Morgan fingerprint density at radius 2 is 2.00 bits per heavy atom. The Labute approximate surface area is 162 Å². The molecule has 0 N–H and O–H groups in total. The molecule has 1 fully saturated rings. The Hall–Kier alpha value is -1.95. The maximum absolute atomic E-state index is 12.2. The summed E-state index contributed by atoms with van der Waals surface area (Å²) >= 11 is 7.98. The number of methoxy groups -OCH3 is 1. The normalized spacial score (nSPS) is 14.6. The van der Waals surface area contributed by atoms with Crippen molar-refractivity contribution in [2.75, 3.05) is 33.4 Å². The lowest BCUT2D eigenvalue weighted by Crippen LogP contribution is -2.39. The van der Waals surface area contributed by atoms with Crippen LogP contribution in [0.2, 0.25) is 5.02 Å². The fourth-order valence-electron chi connectivity index (χ4n) is 2.59. The van der Waals surface area contributed by atoms with Crippen molar-refractivity contribution in [3.63, 3.8) is 0 Å². The van der Waals surface area contributed by atoms with Gasteiger partial charge in [-0.3, -0.25) is 4.79 Å². The van der Waals surface area contributed by atoms with Gasteiger partial charge >= 0.3 is 0 Å². The molecule has 0 unspecified atom stereocenters. The minimum atomic E-state index is -0.0168. The van der Waals surface area contributed by atoms with E-state index in [9.17, 15) is 4.79 Å². The molecule has 1 aliphatic heterocycles. The lowest BCUT2D eigenvalue weighted by molar-refractivity contribution is -0.129. The SMILES string of the molecule is COc1ccccc1Sc1ccc(C=CC(=O)N2CCOCC2)c(Cl)c1. The van der Waals surface area contributed by atoms with E-state index in [4.69, 9.17) is 21.1 Å². The molecule has 0 bridgehead atoms. The van der Waals surface area contributed by atoms with Crippen molar-refractivity contribution in [3.8, 4) is 5.75 Å². The van der Waals surface area contributed by atoms with Crippen molar-refractivity contribution < 1.29 is 14.3 Å². The molecule has 2 aromatic rings. The Morgan fingerprint density at radius 3 is 2.73 bits per heavy atom. The van der Waals surface area contributed by atoms with Gasteiger partial charge in [0.2, 0.25) is 5.91 Å². The fourth-order valence-corrected chi connectivity index (χ4v) is 3.86. The molecule has 1 amide bonds. The highest BCUT2D eigenvalue weighted by Gasteiger charge is 2.14. The molecule has 1 heterocycles. The number of carbonyl (C=O) groups excluding carboxylic acids is 1. The summed E-state index contributed by atoms with van der Waals surface area (Å²) in [5.41, 5.74) is 0.817. The van der Waals surface area contributed by atoms with E-state index >= 15 is 0 Å². The first-order chi connectivity index (χ1) is 12.7. The second-order valence-electron chi connectivity index (χ2n) is 5.71. The van der Waals surface area contributed by atoms with Crippen molar-refractivity contribution in [2.24, 2.45) is 0 Å². The Bertz CT molecular complexity index is 803. The predicted octanol–water partition coefficient (Wildman–Crippen LogP) is 4.37. The van der Waals surface area contributed by atoms with Gasteiger partial charge in [0.15, 0.2) is 0 Å². The zero-order valence-corrected chi connectivity index (χ0v) is 16.1. The zero-order chi connectivity index (χ0) is 18.4. The number of morpholine rings is 1. The lowest BCUT2D eigenvalue weighted by Gasteiger charge is -2.25. The van der Waals surface area contributed by atoms with Crippen molar-refractivity contribution in [2.45, 2.75) is 9.79 Å². The standard InChI is InChI=1S/C20H20ClNO3S/c1-24-18-4-2-3-5-19(18)26-16-8-6-15(17(21)14-16)7-9-20(23)22-10-12-25-13-11-22/h2-9,14H,10-13H2,1H3. The molecule has 6 heteroatoms. The van der Waals surface area contributed by atoms with E-state index in [0.29, 0.717) is 31.3 Å². The number of carbonyl (C=O) groups is 1. The largest absolute Gasteiger partial charge is 0.496 e. The molecule has 0 aliphatic carbocycles. The van der Waals surface area contributed by atoms with Crippen molar-refractivity contribution in [1.82, 2.24) is 4.90 Å². The number of ether oxygens (including phenoxy) is 2. The van der Waals surface area contributed by atoms with Crippen LogP contribution in [0.1, 0.15) is 5.56 Å². The van der Waals surface area contributed by atoms with Gasteiger partial charge in [-0.05, 0) is 35.9 Å². The van der Waals surface area contributed by atoms with Crippen LogP contribution >= 0.6 is 23.4 Å². The Kier molecular flexibility index (Phi) is 6.61. The van der Waals surface area contributed by atoms with Crippen LogP contribution in [0.15, 0.2) is 58.3 Å². The van der Waals surface area contributed by atoms with Crippen LogP contribution in [0, 0.1) is 0 Å². The average Bonchev–Trinajstić information content (AvgIpc) is 2.68. The summed E-state index contributed by atoms with van der Waals surface area (Å²) < 4.78 is 10.6. The summed E-state index contributed by atoms with van der Waals surface area (Å²) in [6.07, 6.45) is 3.33. The molecular weight excluding hydrogens is 370 g/mol. The number of halogens is 1. The van der Waals surface area contributed by atoms with Crippen LogP contribution in [0.4, 0.5) is 0 Å². The van der Waals surface area contributed by atoms with Crippen molar-refractivity contribution in [3.05, 3.63) is 59.1 Å². The van der Waals surface area contributed by atoms with Gasteiger partial charge in [-0.1, -0.05) is 41.6 Å². The quantitative estimate of drug-likeness (QED) is 0.712. The molecular formula is C20H20ClNO3S. The highest BCUT2D eigenvalue weighted by molar-refractivity contribution is 7.99. The van der Waals surface area contributed by atoms with Crippen molar-refractivity contribution in [1.29, 1.82) is 0 Å². The van der Waals surface area contributed by atoms with E-state index < -0.39 is 0 Å². The highest BCUT2D eigenvalue weighted by atomic mass is 35.5. The van der Waals surface area contributed by atoms with Crippen LogP contribution in [0.25, 0.3) is 6.08 Å². The summed E-state index contributed by atoms with van der Waals surface area (Å²) in [5, 5.41) is 0.607. The molecule has 26 heavy (non-hydrogen) atoms. The van der Waals surface area contributed by atoms with Crippen LogP contribution < -0.4 is 4.74 Å². The zero-order valence-electron chi connectivity index (χ0n) is 14.5. The summed E-state index contributed by atoms with van der Waals surface area (Å²) in [4.78, 5) is 16.0. The summed E-state index contributed by atoms with van der Waals surface area (Å²) in [6, 6.07) is 13.7. The smallest absolute Gasteiger partial charge is 0.246 e. The first kappa shape index (κ1) is 18.8. The first-order valence-corrected chi connectivity index (χ1v) is 9.52. The second-order valence-corrected chi connectivity index (χ2v) is 7.23. The number of hydrogen-bond donors (Lipinski definition) is 0. The molecule has 0 aromatic heterocycles. The van der Waals surface area contributed by atoms with E-state index in [0.717, 1.165) is 21.1 Å². The van der Waals surface area contributed by atoms with Gasteiger partial charge in [0.25, 0.3) is 0 Å². The van der Waals surface area contributed by atoms with Gasteiger partial charge < -0.3 is 14.4 Å². The fraction of sp³-hybridized carbons (Fsp3) is 0.250. The highest BCUT2D eigenvalue weighted by Crippen LogP contribution is 2.36. The predicted molar refractivity (Wildman–Crippen MR) is 105 cm³/mol. The minimum Gasteiger partial charge on any atom is -0.496 e. The molecule has 0 spiro atoms. The number of rotatable bonds is 5. The van der Waals surface area contributed by atoms with Gasteiger partial charge in [0, 0.05) is 29.1 Å². The average molecular weight is 390 g/mol. The number of benzene rings is 2. The lowest BCUT2D eigenvalue weighted by atomic mass is 10.2. The molecule has 3 rings (SSSR count). The van der Waals surface area contributed by atoms with Crippen molar-refractivity contribution >= 4 is 35.3 Å². The molecule has 136 valence electrons. The van der Waals surface area contributed by atoms with Crippen LogP contribution in [0.3, 0.4) is 0 Å². The van der Waals surface area contributed by atoms with E-state index in [2.05, 4.69) is 0 Å². The topological polar surface area (TPSA) is 38.8 Å². The van der Waals surface area contributed by atoms with Gasteiger partial charge in [-0.15, -0.1) is 0 Å². The van der Waals surface area contributed by atoms with Crippen LogP contribution in [-0.2, 0) is 9.53 Å². The number of para-hydroxylation sites is 1. The molecule has 1 saturated heterocycles. The number of amides is 1. The van der Waals surface area contributed by atoms with E-state index in [1.807, 2.05) is 42.5 Å². The third kappa shape index (κ3) is 4.81. The number of nitrogens with zero attached hydrogens (tertiary/aromatic N) is 1. The Balaban J connectivity index is 1.69. The molecule has 1 aliphatic rings. The maximum atomic E-state index is 12.2. The molecule has 4 nitrogen and oxygen atoms in total. The summed E-state index contributed by atoms with van der Waals surface area (Å²) in [7, 11) is 1.66. The summed E-state index contributed by atoms with van der Waals surface area (Å²) in [5.74, 6) is 0.811. The third-order valence-electron chi connectivity index (χ3n) is 4.00. The molecule has 2 aromatic carbocycles. The van der Waals surface area contributed by atoms with Gasteiger partial charge in [0.1, 0.15) is 5.75 Å². The number of hydrogen-bond acceptors (Lipinski definition) is 4. The van der Waals surface area contributed by atoms with Gasteiger partial charge in [0.05, 0.1) is 25.2 Å². The van der Waals surface area contributed by atoms with Crippen LogP contribution in [0.5, 0.6) is 5.75 Å². The van der Waals surface area contributed by atoms with Gasteiger partial charge in [-0.2, -0.15) is 0 Å². The molecule has 0 atom stereocenters. The molecule has 0 radical (unpaired) electrons. The van der Waals surface area contributed by atoms with E-state index in [1.54, 1.807) is 35.9 Å². The third-order valence-corrected chi connectivity index (χ3v) is 5.37. The maximum Gasteiger partial charge on any atom is 0.246 e. The van der Waals surface area contributed by atoms with Gasteiger partial charge in [-0.25, -0.2) is 0 Å². The Morgan fingerprint density at radius 1 is 1.23 bits per heavy atom. The molecule has 0 saturated carbocycles. The van der Waals surface area contributed by atoms with Crippen LogP contribution in [-0.4, -0.2) is 44.2 Å². The summed E-state index contributed by atoms with van der Waals surface area (Å²) in [6.45, 7) is 2.45.